The lowest BCUT2D eigenvalue weighted by molar-refractivity contribution is -0.00626. The predicted octanol–water partition coefficient (Wildman–Crippen LogP) is 1.70. The average molecular weight is 252 g/mol. The second-order valence-electron chi connectivity index (χ2n) is 4.34. The van der Waals surface area contributed by atoms with Crippen LogP contribution in [-0.2, 0) is 9.47 Å². The normalized spacial score (nSPS) is 23.0. The van der Waals surface area contributed by atoms with Crippen LogP contribution < -0.4 is 10.1 Å². The Bertz CT molecular complexity index is 378. The first-order valence-electron chi connectivity index (χ1n) is 6.25. The SMILES string of the molecule is CCOc1cccc(NCC2(OC)CCOC2)n1. The van der Waals surface area contributed by atoms with Gasteiger partial charge in [0.1, 0.15) is 11.4 Å². The lowest BCUT2D eigenvalue weighted by atomic mass is 10.0. The van der Waals surface area contributed by atoms with Crippen LogP contribution in [0.15, 0.2) is 18.2 Å². The molecule has 0 amide bonds. The summed E-state index contributed by atoms with van der Waals surface area (Å²) < 4.78 is 16.3. The number of anilines is 1. The fraction of sp³-hybridized carbons (Fsp3) is 0.615. The van der Waals surface area contributed by atoms with Crippen molar-refractivity contribution in [2.75, 3.05) is 38.8 Å². The highest BCUT2D eigenvalue weighted by atomic mass is 16.5. The molecule has 0 spiro atoms. The van der Waals surface area contributed by atoms with E-state index in [2.05, 4.69) is 10.3 Å². The number of methoxy groups -OCH3 is 1. The van der Waals surface area contributed by atoms with Gasteiger partial charge in [0.2, 0.25) is 5.88 Å². The first-order chi connectivity index (χ1) is 8.78. The van der Waals surface area contributed by atoms with Crippen LogP contribution >= 0.6 is 0 Å². The molecule has 0 aromatic carbocycles. The van der Waals surface area contributed by atoms with Gasteiger partial charge in [-0.05, 0) is 13.0 Å². The monoisotopic (exact) mass is 252 g/mol. The van der Waals surface area contributed by atoms with Crippen LogP contribution in [0.4, 0.5) is 5.82 Å². The van der Waals surface area contributed by atoms with Gasteiger partial charge < -0.3 is 19.5 Å². The molecule has 0 aliphatic carbocycles. The quantitative estimate of drug-likeness (QED) is 0.835. The third-order valence-corrected chi connectivity index (χ3v) is 3.11. The number of pyridine rings is 1. The molecule has 0 saturated carbocycles. The maximum atomic E-state index is 5.55. The lowest BCUT2D eigenvalue weighted by Gasteiger charge is -2.26. The molecule has 0 radical (unpaired) electrons. The van der Waals surface area contributed by atoms with Crippen molar-refractivity contribution in [3.8, 4) is 5.88 Å². The topological polar surface area (TPSA) is 52.6 Å². The molecule has 1 N–H and O–H groups in total. The third kappa shape index (κ3) is 3.11. The molecule has 2 heterocycles. The van der Waals surface area contributed by atoms with Gasteiger partial charge in [-0.3, -0.25) is 0 Å². The zero-order valence-corrected chi connectivity index (χ0v) is 10.9. The molecule has 0 bridgehead atoms. The van der Waals surface area contributed by atoms with Crippen LogP contribution in [0.2, 0.25) is 0 Å². The van der Waals surface area contributed by atoms with Crippen LogP contribution in [0, 0.1) is 0 Å². The molecule has 100 valence electrons. The molecule has 2 rings (SSSR count). The number of nitrogens with one attached hydrogen (secondary N) is 1. The maximum absolute atomic E-state index is 5.55. The van der Waals surface area contributed by atoms with E-state index in [1.54, 1.807) is 7.11 Å². The summed E-state index contributed by atoms with van der Waals surface area (Å²) in [6.45, 7) is 4.62. The van der Waals surface area contributed by atoms with Crippen LogP contribution in [-0.4, -0.2) is 44.1 Å². The molecule has 5 heteroatoms. The van der Waals surface area contributed by atoms with Gasteiger partial charge in [-0.25, -0.2) is 0 Å². The number of nitrogens with zero attached hydrogens (tertiary/aromatic N) is 1. The summed E-state index contributed by atoms with van der Waals surface area (Å²) in [6, 6.07) is 5.69. The van der Waals surface area contributed by atoms with Gasteiger partial charge in [-0.2, -0.15) is 4.98 Å². The van der Waals surface area contributed by atoms with Crippen molar-refractivity contribution in [3.05, 3.63) is 18.2 Å². The van der Waals surface area contributed by atoms with Gasteiger partial charge in [-0.1, -0.05) is 6.07 Å². The number of hydrogen-bond acceptors (Lipinski definition) is 5. The van der Waals surface area contributed by atoms with E-state index in [0.717, 1.165) is 18.8 Å². The summed E-state index contributed by atoms with van der Waals surface area (Å²) in [7, 11) is 1.72. The highest BCUT2D eigenvalue weighted by Gasteiger charge is 2.34. The van der Waals surface area contributed by atoms with Crippen LogP contribution in [0.1, 0.15) is 13.3 Å². The van der Waals surface area contributed by atoms with Crippen molar-refractivity contribution in [1.29, 1.82) is 0 Å². The summed E-state index contributed by atoms with van der Waals surface area (Å²) >= 11 is 0. The maximum Gasteiger partial charge on any atom is 0.215 e. The second-order valence-corrected chi connectivity index (χ2v) is 4.34. The van der Waals surface area contributed by atoms with E-state index in [1.807, 2.05) is 25.1 Å². The smallest absolute Gasteiger partial charge is 0.215 e. The van der Waals surface area contributed by atoms with Crippen molar-refractivity contribution >= 4 is 5.82 Å². The molecular weight excluding hydrogens is 232 g/mol. The van der Waals surface area contributed by atoms with E-state index < -0.39 is 0 Å². The standard InChI is InChI=1S/C13H20N2O3/c1-3-18-12-6-4-5-11(15-12)14-9-13(16-2)7-8-17-10-13/h4-6H,3,7-10H2,1-2H3,(H,14,15). The minimum Gasteiger partial charge on any atom is -0.478 e. The van der Waals surface area contributed by atoms with Crippen molar-refractivity contribution in [2.45, 2.75) is 18.9 Å². The Kier molecular flexibility index (Phi) is 4.38. The largest absolute Gasteiger partial charge is 0.478 e. The van der Waals surface area contributed by atoms with E-state index in [-0.39, 0.29) is 5.60 Å². The Hall–Kier alpha value is -1.33. The molecule has 18 heavy (non-hydrogen) atoms. The summed E-state index contributed by atoms with van der Waals surface area (Å²) in [4.78, 5) is 4.36. The van der Waals surface area contributed by atoms with E-state index >= 15 is 0 Å². The van der Waals surface area contributed by atoms with E-state index in [9.17, 15) is 0 Å². The van der Waals surface area contributed by atoms with E-state index in [1.165, 1.54) is 0 Å². The molecule has 1 saturated heterocycles. The third-order valence-electron chi connectivity index (χ3n) is 3.11. The minimum absolute atomic E-state index is 0.233. The van der Waals surface area contributed by atoms with Gasteiger partial charge in [-0.15, -0.1) is 0 Å². The first kappa shape index (κ1) is 13.1. The number of aromatic nitrogens is 1. The molecule has 1 aliphatic heterocycles. The van der Waals surface area contributed by atoms with Crippen LogP contribution in [0.5, 0.6) is 5.88 Å². The molecule has 1 unspecified atom stereocenters. The predicted molar refractivity (Wildman–Crippen MR) is 69.1 cm³/mol. The molecule has 1 aliphatic rings. The van der Waals surface area contributed by atoms with Crippen molar-refractivity contribution < 1.29 is 14.2 Å². The first-order valence-corrected chi connectivity index (χ1v) is 6.25. The van der Waals surface area contributed by atoms with Gasteiger partial charge in [0.15, 0.2) is 0 Å². The van der Waals surface area contributed by atoms with Gasteiger partial charge in [0.25, 0.3) is 0 Å². The minimum atomic E-state index is -0.233. The fourth-order valence-electron chi connectivity index (χ4n) is 1.95. The number of ether oxygens (including phenoxy) is 3. The molecule has 1 aromatic heterocycles. The Balaban J connectivity index is 1.94. The van der Waals surface area contributed by atoms with Crippen molar-refractivity contribution in [2.24, 2.45) is 0 Å². The lowest BCUT2D eigenvalue weighted by Crippen LogP contribution is -2.39. The Morgan fingerprint density at radius 1 is 1.50 bits per heavy atom. The zero-order valence-electron chi connectivity index (χ0n) is 10.9. The molecular formula is C13H20N2O3. The summed E-state index contributed by atoms with van der Waals surface area (Å²) in [5.74, 6) is 1.43. The van der Waals surface area contributed by atoms with Gasteiger partial charge in [0, 0.05) is 32.7 Å². The summed E-state index contributed by atoms with van der Waals surface area (Å²) in [5.41, 5.74) is -0.233. The second kappa shape index (κ2) is 6.02. The van der Waals surface area contributed by atoms with Gasteiger partial charge >= 0.3 is 0 Å². The highest BCUT2D eigenvalue weighted by molar-refractivity contribution is 5.37. The average Bonchev–Trinajstić information content (AvgIpc) is 2.87. The molecule has 1 fully saturated rings. The van der Waals surface area contributed by atoms with Gasteiger partial charge in [0.05, 0.1) is 13.2 Å². The van der Waals surface area contributed by atoms with Crippen LogP contribution in [0.25, 0.3) is 0 Å². The molecule has 1 atom stereocenters. The highest BCUT2D eigenvalue weighted by Crippen LogP contribution is 2.23. The zero-order chi connectivity index (χ0) is 12.8. The number of hydrogen-bond donors (Lipinski definition) is 1. The molecule has 5 nitrogen and oxygen atoms in total. The van der Waals surface area contributed by atoms with E-state index in [0.29, 0.717) is 25.6 Å². The Morgan fingerprint density at radius 3 is 3.06 bits per heavy atom. The fourth-order valence-corrected chi connectivity index (χ4v) is 1.95. The molecule has 1 aromatic rings. The van der Waals surface area contributed by atoms with Crippen LogP contribution in [0.3, 0.4) is 0 Å². The Morgan fingerprint density at radius 2 is 2.39 bits per heavy atom. The van der Waals surface area contributed by atoms with Crippen molar-refractivity contribution in [3.63, 3.8) is 0 Å². The number of rotatable bonds is 6. The van der Waals surface area contributed by atoms with E-state index in [4.69, 9.17) is 14.2 Å². The van der Waals surface area contributed by atoms with Crippen molar-refractivity contribution in [1.82, 2.24) is 4.98 Å². The summed E-state index contributed by atoms with van der Waals surface area (Å²) in [6.07, 6.45) is 0.904. The Labute approximate surface area is 107 Å². The summed E-state index contributed by atoms with van der Waals surface area (Å²) in [5, 5.41) is 3.28.